The summed E-state index contributed by atoms with van der Waals surface area (Å²) in [5, 5.41) is 7.40. The van der Waals surface area contributed by atoms with E-state index in [1.165, 1.54) is 4.31 Å². The number of sulfonamides is 1. The molecule has 0 unspecified atom stereocenters. The van der Waals surface area contributed by atoms with Crippen LogP contribution in [0, 0.1) is 5.41 Å². The van der Waals surface area contributed by atoms with Crippen LogP contribution in [0.5, 0.6) is 0 Å². The average molecular weight is 304 g/mol. The van der Waals surface area contributed by atoms with E-state index in [4.69, 9.17) is 5.73 Å². The molecule has 0 radical (unpaired) electrons. The molecular formula is C11H20N4O2S2. The largest absolute Gasteiger partial charge is 0.374 e. The van der Waals surface area contributed by atoms with E-state index in [0.717, 1.165) is 37.0 Å². The molecule has 0 bridgehead atoms. The van der Waals surface area contributed by atoms with Gasteiger partial charge in [-0.15, -0.1) is 10.2 Å². The van der Waals surface area contributed by atoms with Gasteiger partial charge in [-0.2, -0.15) is 4.31 Å². The topological polar surface area (TPSA) is 89.2 Å². The monoisotopic (exact) mass is 304 g/mol. The Morgan fingerprint density at radius 2 is 1.89 bits per heavy atom. The van der Waals surface area contributed by atoms with Crippen LogP contribution in [0.15, 0.2) is 4.34 Å². The third-order valence-corrected chi connectivity index (χ3v) is 6.85. The quantitative estimate of drug-likeness (QED) is 0.918. The molecule has 0 atom stereocenters. The number of anilines is 1. The molecule has 2 N–H and O–H groups in total. The van der Waals surface area contributed by atoms with Crippen LogP contribution in [-0.2, 0) is 10.0 Å². The average Bonchev–Trinajstić information content (AvgIpc) is 2.76. The van der Waals surface area contributed by atoms with E-state index >= 15 is 0 Å². The van der Waals surface area contributed by atoms with Gasteiger partial charge in [0.1, 0.15) is 0 Å². The predicted octanol–water partition coefficient (Wildman–Crippen LogP) is 1.71. The molecule has 108 valence electrons. The van der Waals surface area contributed by atoms with Gasteiger partial charge in [0.25, 0.3) is 10.0 Å². The summed E-state index contributed by atoms with van der Waals surface area (Å²) in [5.41, 5.74) is 5.77. The minimum Gasteiger partial charge on any atom is -0.374 e. The van der Waals surface area contributed by atoms with E-state index in [9.17, 15) is 8.42 Å². The Labute approximate surface area is 118 Å². The molecular weight excluding hydrogens is 284 g/mol. The van der Waals surface area contributed by atoms with E-state index < -0.39 is 10.0 Å². The van der Waals surface area contributed by atoms with Gasteiger partial charge >= 0.3 is 0 Å². The first-order valence-electron chi connectivity index (χ1n) is 6.29. The van der Waals surface area contributed by atoms with E-state index in [1.54, 1.807) is 7.05 Å². The Morgan fingerprint density at radius 1 is 1.32 bits per heavy atom. The number of rotatable bonds is 3. The number of nitrogens with zero attached hydrogens (tertiary/aromatic N) is 3. The van der Waals surface area contributed by atoms with Gasteiger partial charge in [0.15, 0.2) is 0 Å². The Morgan fingerprint density at radius 3 is 2.37 bits per heavy atom. The minimum atomic E-state index is -3.56. The lowest BCUT2D eigenvalue weighted by molar-refractivity contribution is 0.174. The van der Waals surface area contributed by atoms with Crippen molar-refractivity contribution in [3.8, 4) is 0 Å². The van der Waals surface area contributed by atoms with Crippen molar-refractivity contribution in [1.82, 2.24) is 14.5 Å². The lowest BCUT2D eigenvalue weighted by atomic mass is 9.76. The fourth-order valence-electron chi connectivity index (χ4n) is 2.39. The van der Waals surface area contributed by atoms with Crippen LogP contribution in [0.4, 0.5) is 5.13 Å². The first kappa shape index (κ1) is 14.7. The first-order valence-corrected chi connectivity index (χ1v) is 8.55. The van der Waals surface area contributed by atoms with Gasteiger partial charge in [-0.05, 0) is 31.1 Å². The third-order valence-electron chi connectivity index (χ3n) is 3.84. The smallest absolute Gasteiger partial charge is 0.272 e. The SMILES string of the molecule is CN(C1CCC(C)(C)CC1)S(=O)(=O)c1nnc(N)s1. The van der Waals surface area contributed by atoms with Gasteiger partial charge in [0.2, 0.25) is 9.47 Å². The van der Waals surface area contributed by atoms with Crippen LogP contribution < -0.4 is 5.73 Å². The molecule has 8 heteroatoms. The summed E-state index contributed by atoms with van der Waals surface area (Å²) in [6.07, 6.45) is 3.85. The molecule has 1 aromatic rings. The summed E-state index contributed by atoms with van der Waals surface area (Å²) in [4.78, 5) is 0. The van der Waals surface area contributed by atoms with Gasteiger partial charge in [0.05, 0.1) is 0 Å². The Kier molecular flexibility index (Phi) is 3.85. The summed E-state index contributed by atoms with van der Waals surface area (Å²) >= 11 is 0.913. The second-order valence-electron chi connectivity index (χ2n) is 5.82. The molecule has 1 aromatic heterocycles. The Balaban J connectivity index is 2.14. The second-order valence-corrected chi connectivity index (χ2v) is 9.00. The maximum absolute atomic E-state index is 12.4. The summed E-state index contributed by atoms with van der Waals surface area (Å²) in [5.74, 6) is 0. The summed E-state index contributed by atoms with van der Waals surface area (Å²) in [6.45, 7) is 4.45. The van der Waals surface area contributed by atoms with Crippen molar-refractivity contribution in [3.05, 3.63) is 0 Å². The van der Waals surface area contributed by atoms with Gasteiger partial charge < -0.3 is 5.73 Å². The van der Waals surface area contributed by atoms with E-state index in [-0.39, 0.29) is 15.5 Å². The van der Waals surface area contributed by atoms with Crippen LogP contribution in [0.2, 0.25) is 0 Å². The van der Waals surface area contributed by atoms with Crippen molar-refractivity contribution in [2.75, 3.05) is 12.8 Å². The van der Waals surface area contributed by atoms with E-state index in [2.05, 4.69) is 24.0 Å². The third kappa shape index (κ3) is 3.06. The molecule has 1 saturated carbocycles. The maximum Gasteiger partial charge on any atom is 0.272 e. The second kappa shape index (κ2) is 4.99. The molecule has 0 saturated heterocycles. The van der Waals surface area contributed by atoms with Gasteiger partial charge in [0, 0.05) is 13.1 Å². The molecule has 0 amide bonds. The highest BCUT2D eigenvalue weighted by molar-refractivity contribution is 7.91. The van der Waals surface area contributed by atoms with Gasteiger partial charge in [-0.25, -0.2) is 8.42 Å². The molecule has 1 aliphatic carbocycles. The lowest BCUT2D eigenvalue weighted by Gasteiger charge is -2.37. The molecule has 0 spiro atoms. The zero-order valence-electron chi connectivity index (χ0n) is 11.5. The zero-order valence-corrected chi connectivity index (χ0v) is 13.1. The summed E-state index contributed by atoms with van der Waals surface area (Å²) in [6, 6.07) is 0.0446. The maximum atomic E-state index is 12.4. The predicted molar refractivity (Wildman–Crippen MR) is 75.3 cm³/mol. The molecule has 1 fully saturated rings. The number of nitrogen functional groups attached to an aromatic ring is 1. The number of nitrogens with two attached hydrogens (primary N) is 1. The van der Waals surface area contributed by atoms with Gasteiger partial charge in [-0.3, -0.25) is 0 Å². The standard InChI is InChI=1S/C11H20N4O2S2/c1-11(2)6-4-8(5-7-11)15(3)19(16,17)10-14-13-9(12)18-10/h8H,4-7H2,1-3H3,(H2,12,13). The number of hydrogen-bond donors (Lipinski definition) is 1. The van der Waals surface area contributed by atoms with Crippen LogP contribution in [0.3, 0.4) is 0 Å². The molecule has 0 aromatic carbocycles. The van der Waals surface area contributed by atoms with Crippen LogP contribution in [0.1, 0.15) is 39.5 Å². The van der Waals surface area contributed by atoms with Crippen molar-refractivity contribution in [2.45, 2.75) is 49.9 Å². The molecule has 2 rings (SSSR count). The lowest BCUT2D eigenvalue weighted by Crippen LogP contribution is -2.40. The molecule has 1 aliphatic rings. The highest BCUT2D eigenvalue weighted by atomic mass is 32.2. The van der Waals surface area contributed by atoms with Crippen molar-refractivity contribution < 1.29 is 8.42 Å². The van der Waals surface area contributed by atoms with E-state index in [0.29, 0.717) is 5.41 Å². The summed E-state index contributed by atoms with van der Waals surface area (Å²) < 4.78 is 26.2. The van der Waals surface area contributed by atoms with Crippen LogP contribution in [0.25, 0.3) is 0 Å². The van der Waals surface area contributed by atoms with Crippen LogP contribution >= 0.6 is 11.3 Å². The number of hydrogen-bond acceptors (Lipinski definition) is 6. The van der Waals surface area contributed by atoms with Crippen LogP contribution in [-0.4, -0.2) is 36.0 Å². The highest BCUT2D eigenvalue weighted by Gasteiger charge is 2.35. The van der Waals surface area contributed by atoms with Crippen molar-refractivity contribution in [1.29, 1.82) is 0 Å². The molecule has 19 heavy (non-hydrogen) atoms. The molecule has 6 nitrogen and oxygen atoms in total. The van der Waals surface area contributed by atoms with Crippen molar-refractivity contribution >= 4 is 26.5 Å². The van der Waals surface area contributed by atoms with Crippen molar-refractivity contribution in [2.24, 2.45) is 5.41 Å². The van der Waals surface area contributed by atoms with Gasteiger partial charge in [-0.1, -0.05) is 25.2 Å². The fourth-order valence-corrected chi connectivity index (χ4v) is 4.76. The number of aromatic nitrogens is 2. The summed E-state index contributed by atoms with van der Waals surface area (Å²) in [7, 11) is -1.94. The Bertz CT molecular complexity index is 543. The normalized spacial score (nSPS) is 20.8. The highest BCUT2D eigenvalue weighted by Crippen LogP contribution is 2.38. The minimum absolute atomic E-state index is 0.0164. The van der Waals surface area contributed by atoms with E-state index in [1.807, 2.05) is 0 Å². The Hall–Kier alpha value is -0.730. The molecule has 1 heterocycles. The first-order chi connectivity index (χ1) is 8.72. The van der Waals surface area contributed by atoms with Crippen molar-refractivity contribution in [3.63, 3.8) is 0 Å². The molecule has 0 aliphatic heterocycles. The zero-order chi connectivity index (χ0) is 14.3. The fraction of sp³-hybridized carbons (Fsp3) is 0.818.